The third-order valence-corrected chi connectivity index (χ3v) is 5.56. The molecule has 0 aliphatic heterocycles. The fourth-order valence-corrected chi connectivity index (χ4v) is 4.11. The molecule has 5 aromatic rings. The number of aromatic amines is 1. The molecule has 0 radical (unpaired) electrons. The fourth-order valence-electron chi connectivity index (χ4n) is 3.25. The van der Waals surface area contributed by atoms with Gasteiger partial charge in [0, 0.05) is 34.5 Å². The number of carbonyl (C=O) groups excluding carboxylic acids is 1. The Bertz CT molecular complexity index is 1510. The Morgan fingerprint density at radius 2 is 1.88 bits per heavy atom. The minimum Gasteiger partial charge on any atom is -0.386 e. The van der Waals surface area contributed by atoms with Gasteiger partial charge in [0.05, 0.1) is 5.69 Å². The number of thiazole rings is 1. The van der Waals surface area contributed by atoms with Crippen molar-refractivity contribution in [3.8, 4) is 44.5 Å². The molecular formula is C22H15N7O3S. The van der Waals surface area contributed by atoms with Gasteiger partial charge in [-0.2, -0.15) is 0 Å². The summed E-state index contributed by atoms with van der Waals surface area (Å²) in [5, 5.41) is 11.2. The first-order valence-electron chi connectivity index (χ1n) is 9.67. The van der Waals surface area contributed by atoms with Crippen molar-refractivity contribution >= 4 is 23.2 Å². The lowest BCUT2D eigenvalue weighted by Crippen LogP contribution is -2.20. The molecule has 4 N–H and O–H groups in total. The van der Waals surface area contributed by atoms with E-state index in [9.17, 15) is 9.59 Å². The number of aromatic nitrogens is 5. The van der Waals surface area contributed by atoms with Crippen LogP contribution in [0.4, 0.5) is 10.6 Å². The molecule has 4 heterocycles. The number of amides is 2. The van der Waals surface area contributed by atoms with Gasteiger partial charge in [-0.15, -0.1) is 16.4 Å². The van der Waals surface area contributed by atoms with Gasteiger partial charge in [0.15, 0.2) is 0 Å². The van der Waals surface area contributed by atoms with Gasteiger partial charge in [-0.05, 0) is 23.8 Å². The predicted octanol–water partition coefficient (Wildman–Crippen LogP) is 3.77. The van der Waals surface area contributed by atoms with Crippen LogP contribution in [0.15, 0.2) is 75.5 Å². The highest BCUT2D eigenvalue weighted by Gasteiger charge is 2.16. The number of nitrogens with two attached hydrogens (primary N) is 1. The molecule has 4 aromatic heterocycles. The number of pyridine rings is 2. The van der Waals surface area contributed by atoms with Crippen molar-refractivity contribution in [3.05, 3.63) is 76.9 Å². The van der Waals surface area contributed by atoms with Crippen molar-refractivity contribution in [2.45, 2.75) is 0 Å². The summed E-state index contributed by atoms with van der Waals surface area (Å²) in [4.78, 5) is 36.0. The number of carbonyl (C=O) groups is 1. The number of hydrogen-bond acceptors (Lipinski definition) is 8. The number of benzene rings is 1. The van der Waals surface area contributed by atoms with E-state index in [0.29, 0.717) is 11.5 Å². The van der Waals surface area contributed by atoms with Crippen molar-refractivity contribution in [2.75, 3.05) is 5.32 Å². The van der Waals surface area contributed by atoms with Gasteiger partial charge in [0.1, 0.15) is 16.5 Å². The zero-order valence-corrected chi connectivity index (χ0v) is 17.7. The zero-order valence-electron chi connectivity index (χ0n) is 16.9. The number of hydrogen-bond donors (Lipinski definition) is 3. The van der Waals surface area contributed by atoms with E-state index < -0.39 is 11.8 Å². The van der Waals surface area contributed by atoms with E-state index in [4.69, 9.17) is 15.1 Å². The molecule has 0 atom stereocenters. The Morgan fingerprint density at radius 1 is 1.03 bits per heavy atom. The minimum atomic E-state index is -0.718. The molecule has 11 heteroatoms. The maximum Gasteiger partial charge on any atom is 0.434 e. The van der Waals surface area contributed by atoms with Gasteiger partial charge < -0.3 is 10.2 Å². The van der Waals surface area contributed by atoms with Crippen molar-refractivity contribution < 1.29 is 9.21 Å². The molecule has 2 amide bonds. The van der Waals surface area contributed by atoms with Crippen LogP contribution < -0.4 is 16.8 Å². The second kappa shape index (κ2) is 8.48. The molecule has 33 heavy (non-hydrogen) atoms. The highest BCUT2D eigenvalue weighted by atomic mass is 32.1. The Hall–Kier alpha value is -4.64. The summed E-state index contributed by atoms with van der Waals surface area (Å²) >= 11 is 1.46. The van der Waals surface area contributed by atoms with E-state index in [1.54, 1.807) is 30.6 Å². The number of primary amides is 1. The normalized spacial score (nSPS) is 10.8. The predicted molar refractivity (Wildman–Crippen MR) is 123 cm³/mol. The molecule has 0 unspecified atom stereocenters. The third-order valence-electron chi connectivity index (χ3n) is 4.69. The Labute approximate surface area is 190 Å². The van der Waals surface area contributed by atoms with E-state index in [2.05, 4.69) is 25.5 Å². The average molecular weight is 457 g/mol. The maximum atomic E-state index is 11.4. The number of nitrogens with zero attached hydrogens (tertiary/aromatic N) is 4. The molecule has 0 fully saturated rings. The Morgan fingerprint density at radius 3 is 2.64 bits per heavy atom. The average Bonchev–Trinajstić information content (AvgIpc) is 3.49. The van der Waals surface area contributed by atoms with Crippen LogP contribution in [0.1, 0.15) is 0 Å². The lowest BCUT2D eigenvalue weighted by Gasteiger charge is -2.10. The Balaban J connectivity index is 1.62. The first-order valence-corrected chi connectivity index (χ1v) is 10.5. The van der Waals surface area contributed by atoms with Gasteiger partial charge in [0.25, 0.3) is 5.89 Å². The molecule has 0 aliphatic carbocycles. The molecule has 10 nitrogen and oxygen atoms in total. The van der Waals surface area contributed by atoms with Gasteiger partial charge in [-0.1, -0.05) is 30.3 Å². The van der Waals surface area contributed by atoms with Crippen LogP contribution in [0, 0.1) is 0 Å². The molecular weight excluding hydrogens is 442 g/mol. The van der Waals surface area contributed by atoms with Gasteiger partial charge >= 0.3 is 11.8 Å². The molecule has 0 bridgehead atoms. The monoisotopic (exact) mass is 457 g/mol. The van der Waals surface area contributed by atoms with E-state index in [-0.39, 0.29) is 5.89 Å². The highest BCUT2D eigenvalue weighted by molar-refractivity contribution is 7.13. The van der Waals surface area contributed by atoms with Crippen LogP contribution in [0.2, 0.25) is 0 Å². The molecule has 0 spiro atoms. The second-order valence-corrected chi connectivity index (χ2v) is 7.71. The van der Waals surface area contributed by atoms with Crippen LogP contribution in [0.25, 0.3) is 44.5 Å². The van der Waals surface area contributed by atoms with Crippen molar-refractivity contribution in [1.82, 2.24) is 25.1 Å². The quantitative estimate of drug-likeness (QED) is 0.363. The first kappa shape index (κ1) is 20.3. The van der Waals surface area contributed by atoms with Crippen LogP contribution >= 0.6 is 11.3 Å². The summed E-state index contributed by atoms with van der Waals surface area (Å²) in [6.45, 7) is 0. The van der Waals surface area contributed by atoms with E-state index >= 15 is 0 Å². The summed E-state index contributed by atoms with van der Waals surface area (Å²) in [6.07, 6.45) is 3.19. The number of urea groups is 1. The van der Waals surface area contributed by atoms with Crippen molar-refractivity contribution in [3.63, 3.8) is 0 Å². The van der Waals surface area contributed by atoms with E-state index in [1.807, 2.05) is 35.7 Å². The topological polar surface area (TPSA) is 153 Å². The van der Waals surface area contributed by atoms with Crippen LogP contribution in [0.3, 0.4) is 0 Å². The van der Waals surface area contributed by atoms with E-state index in [0.717, 1.165) is 33.0 Å². The summed E-state index contributed by atoms with van der Waals surface area (Å²) < 4.78 is 5.02. The standard InChI is InChI=1S/C22H15N7O3S/c23-21(30)27-18-9-14(20-26-17(11-33-20)12-4-2-1-3-5-12)15(10-25-18)13-6-7-24-16(8-13)19-28-29-22(31)32-19/h1-11H,(H,29,31)(H3,23,25,27,30). The van der Waals surface area contributed by atoms with Crippen LogP contribution in [-0.4, -0.2) is 31.2 Å². The fraction of sp³-hybridized carbons (Fsp3) is 0. The summed E-state index contributed by atoms with van der Waals surface area (Å²) in [5.74, 6) is -0.299. The van der Waals surface area contributed by atoms with Gasteiger partial charge in [-0.25, -0.2) is 24.7 Å². The van der Waals surface area contributed by atoms with Crippen molar-refractivity contribution in [1.29, 1.82) is 0 Å². The SMILES string of the molecule is NC(=O)Nc1cc(-c2nc(-c3ccccc3)cs2)c(-c2ccnc(-c3n[nH]c(=O)o3)c2)cn1. The summed E-state index contributed by atoms with van der Waals surface area (Å²) in [7, 11) is 0. The number of anilines is 1. The molecule has 162 valence electrons. The minimum absolute atomic E-state index is 0.0731. The molecule has 0 saturated carbocycles. The van der Waals surface area contributed by atoms with Gasteiger partial charge in [0.2, 0.25) is 0 Å². The third kappa shape index (κ3) is 4.25. The van der Waals surface area contributed by atoms with Gasteiger partial charge in [-0.3, -0.25) is 10.3 Å². The smallest absolute Gasteiger partial charge is 0.386 e. The molecule has 5 rings (SSSR count). The number of H-pyrrole nitrogens is 1. The van der Waals surface area contributed by atoms with Crippen LogP contribution in [0.5, 0.6) is 0 Å². The molecule has 0 aliphatic rings. The second-order valence-electron chi connectivity index (χ2n) is 6.86. The molecule has 0 saturated heterocycles. The number of rotatable bonds is 5. The summed E-state index contributed by atoms with van der Waals surface area (Å²) in [6, 6.07) is 14.3. The number of nitrogens with one attached hydrogen (secondary N) is 2. The van der Waals surface area contributed by atoms with Crippen molar-refractivity contribution in [2.24, 2.45) is 5.73 Å². The lowest BCUT2D eigenvalue weighted by atomic mass is 10.0. The zero-order chi connectivity index (χ0) is 22.8. The Kier molecular flexibility index (Phi) is 5.21. The van der Waals surface area contributed by atoms with E-state index in [1.165, 1.54) is 11.3 Å². The highest BCUT2D eigenvalue weighted by Crippen LogP contribution is 2.37. The molecule has 1 aromatic carbocycles. The largest absolute Gasteiger partial charge is 0.434 e. The maximum absolute atomic E-state index is 11.4. The lowest BCUT2D eigenvalue weighted by molar-refractivity contribution is 0.259. The summed E-state index contributed by atoms with van der Waals surface area (Å²) in [5.41, 5.74) is 9.69. The van der Waals surface area contributed by atoms with Crippen LogP contribution in [-0.2, 0) is 0 Å². The first-order chi connectivity index (χ1) is 16.1.